The minimum absolute atomic E-state index is 0.132. The molecule has 3 aromatic heterocycles. The molecule has 0 radical (unpaired) electrons. The SMILES string of the molecule is CCOC(=O)c1cc(C(=O)c2ccc3c(c2)OC(C(=O)OCC)O3)n2ccc(C(=O)NCc3ccccn3)cc12. The van der Waals surface area contributed by atoms with E-state index in [-0.39, 0.29) is 48.2 Å². The summed E-state index contributed by atoms with van der Waals surface area (Å²) in [5.41, 5.74) is 1.84. The molecule has 1 unspecified atom stereocenters. The number of hydrogen-bond acceptors (Lipinski definition) is 9. The van der Waals surface area contributed by atoms with Crippen LogP contribution in [0.25, 0.3) is 5.52 Å². The van der Waals surface area contributed by atoms with E-state index in [4.69, 9.17) is 18.9 Å². The number of ketones is 1. The number of carbonyl (C=O) groups excluding carboxylic acids is 4. The highest BCUT2D eigenvalue weighted by molar-refractivity contribution is 6.12. The van der Waals surface area contributed by atoms with Gasteiger partial charge in [0.15, 0.2) is 11.5 Å². The number of fused-ring (bicyclic) bond motifs is 2. The van der Waals surface area contributed by atoms with Gasteiger partial charge in [0.25, 0.3) is 5.91 Å². The summed E-state index contributed by atoms with van der Waals surface area (Å²) in [4.78, 5) is 55.4. The minimum Gasteiger partial charge on any atom is -0.462 e. The van der Waals surface area contributed by atoms with Gasteiger partial charge in [0.05, 0.1) is 42.2 Å². The van der Waals surface area contributed by atoms with Crippen molar-refractivity contribution < 1.29 is 38.1 Å². The van der Waals surface area contributed by atoms with Crippen molar-refractivity contribution in [2.45, 2.75) is 26.7 Å². The Morgan fingerprint density at radius 3 is 2.48 bits per heavy atom. The Balaban J connectivity index is 1.45. The van der Waals surface area contributed by atoms with E-state index in [1.165, 1.54) is 34.7 Å². The average Bonchev–Trinajstić information content (AvgIpc) is 3.58. The van der Waals surface area contributed by atoms with Gasteiger partial charge in [-0.15, -0.1) is 0 Å². The zero-order valence-electron chi connectivity index (χ0n) is 21.7. The molecule has 1 aromatic carbocycles. The molecule has 1 amide bonds. The lowest BCUT2D eigenvalue weighted by Crippen LogP contribution is -2.30. The van der Waals surface area contributed by atoms with Gasteiger partial charge in [-0.25, -0.2) is 9.59 Å². The summed E-state index contributed by atoms with van der Waals surface area (Å²) in [6, 6.07) is 14.4. The monoisotopic (exact) mass is 543 g/mol. The predicted octanol–water partition coefficient (Wildman–Crippen LogP) is 3.33. The molecule has 204 valence electrons. The molecule has 1 atom stereocenters. The molecule has 0 fully saturated rings. The van der Waals surface area contributed by atoms with Crippen molar-refractivity contribution in [1.82, 2.24) is 14.7 Å². The zero-order chi connectivity index (χ0) is 28.2. The molecule has 4 heterocycles. The second-order valence-corrected chi connectivity index (χ2v) is 8.65. The van der Waals surface area contributed by atoms with Crippen LogP contribution in [0.3, 0.4) is 0 Å². The smallest absolute Gasteiger partial charge is 0.389 e. The maximum Gasteiger partial charge on any atom is 0.389 e. The Kier molecular flexibility index (Phi) is 7.45. The molecule has 1 N–H and O–H groups in total. The molecule has 1 aliphatic heterocycles. The van der Waals surface area contributed by atoms with E-state index in [2.05, 4.69) is 10.3 Å². The van der Waals surface area contributed by atoms with Crippen molar-refractivity contribution in [2.24, 2.45) is 0 Å². The third-order valence-electron chi connectivity index (χ3n) is 6.07. The number of ether oxygens (including phenoxy) is 4. The molecule has 0 spiro atoms. The lowest BCUT2D eigenvalue weighted by molar-refractivity contribution is -0.161. The van der Waals surface area contributed by atoms with Crippen molar-refractivity contribution in [1.29, 1.82) is 0 Å². The third-order valence-corrected chi connectivity index (χ3v) is 6.07. The van der Waals surface area contributed by atoms with Crippen molar-refractivity contribution in [3.8, 4) is 11.5 Å². The maximum atomic E-state index is 13.6. The number of benzene rings is 1. The van der Waals surface area contributed by atoms with Crippen LogP contribution < -0.4 is 14.8 Å². The number of amides is 1. The predicted molar refractivity (Wildman–Crippen MR) is 140 cm³/mol. The van der Waals surface area contributed by atoms with Gasteiger partial charge < -0.3 is 28.7 Å². The first kappa shape index (κ1) is 26.4. The molecule has 5 rings (SSSR count). The summed E-state index contributed by atoms with van der Waals surface area (Å²) < 4.78 is 22.6. The molecule has 0 saturated carbocycles. The summed E-state index contributed by atoms with van der Waals surface area (Å²) >= 11 is 0. The fourth-order valence-electron chi connectivity index (χ4n) is 4.21. The highest BCUT2D eigenvalue weighted by atomic mass is 16.7. The van der Waals surface area contributed by atoms with E-state index in [1.54, 1.807) is 44.4 Å². The number of nitrogens with one attached hydrogen (secondary N) is 1. The molecule has 0 saturated heterocycles. The number of carbonyl (C=O) groups is 4. The van der Waals surface area contributed by atoms with E-state index in [0.717, 1.165) is 0 Å². The summed E-state index contributed by atoms with van der Waals surface area (Å²) in [5.74, 6) is -1.60. The van der Waals surface area contributed by atoms with Gasteiger partial charge in [-0.2, -0.15) is 0 Å². The number of nitrogens with zero attached hydrogens (tertiary/aromatic N) is 2. The highest BCUT2D eigenvalue weighted by Crippen LogP contribution is 2.36. The number of rotatable bonds is 9. The lowest BCUT2D eigenvalue weighted by Gasteiger charge is -2.08. The number of esters is 2. The number of pyridine rings is 2. The topological polar surface area (TPSA) is 135 Å². The summed E-state index contributed by atoms with van der Waals surface area (Å²) in [5, 5.41) is 2.80. The molecule has 0 aliphatic carbocycles. The number of aromatic nitrogens is 2. The largest absolute Gasteiger partial charge is 0.462 e. The Hall–Kier alpha value is -5.19. The normalized spacial score (nSPS) is 13.6. The number of hydrogen-bond donors (Lipinski definition) is 1. The van der Waals surface area contributed by atoms with Gasteiger partial charge in [0.1, 0.15) is 0 Å². The second kappa shape index (κ2) is 11.3. The van der Waals surface area contributed by atoms with Gasteiger partial charge in [-0.05, 0) is 62.4 Å². The summed E-state index contributed by atoms with van der Waals surface area (Å²) in [6.07, 6.45) is 1.93. The zero-order valence-corrected chi connectivity index (χ0v) is 21.7. The van der Waals surface area contributed by atoms with E-state index in [1.807, 2.05) is 6.07 Å². The Bertz CT molecular complexity index is 1610. The molecular formula is C29H25N3O8. The Morgan fingerprint density at radius 2 is 1.73 bits per heavy atom. The van der Waals surface area contributed by atoms with Crippen LogP contribution in [-0.2, 0) is 20.8 Å². The van der Waals surface area contributed by atoms with Crippen LogP contribution >= 0.6 is 0 Å². The van der Waals surface area contributed by atoms with E-state index in [9.17, 15) is 19.2 Å². The Morgan fingerprint density at radius 1 is 0.925 bits per heavy atom. The average molecular weight is 544 g/mol. The van der Waals surface area contributed by atoms with E-state index < -0.39 is 24.0 Å². The van der Waals surface area contributed by atoms with Crippen LogP contribution in [-0.4, -0.2) is 52.5 Å². The van der Waals surface area contributed by atoms with Gasteiger partial charge in [0, 0.05) is 23.5 Å². The summed E-state index contributed by atoms with van der Waals surface area (Å²) in [7, 11) is 0. The Labute approximate surface area is 228 Å². The lowest BCUT2D eigenvalue weighted by atomic mass is 10.1. The van der Waals surface area contributed by atoms with Crippen LogP contribution in [0.1, 0.15) is 56.3 Å². The van der Waals surface area contributed by atoms with Crippen LogP contribution in [0.5, 0.6) is 11.5 Å². The first-order chi connectivity index (χ1) is 19.4. The third kappa shape index (κ3) is 5.21. The van der Waals surface area contributed by atoms with Crippen LogP contribution in [0.4, 0.5) is 0 Å². The molecule has 4 aromatic rings. The fraction of sp³-hybridized carbons (Fsp3) is 0.207. The van der Waals surface area contributed by atoms with Crippen molar-refractivity contribution in [3.05, 3.63) is 95.1 Å². The van der Waals surface area contributed by atoms with Crippen molar-refractivity contribution in [2.75, 3.05) is 13.2 Å². The van der Waals surface area contributed by atoms with Gasteiger partial charge in [-0.3, -0.25) is 14.6 Å². The van der Waals surface area contributed by atoms with Crippen LogP contribution in [0.2, 0.25) is 0 Å². The van der Waals surface area contributed by atoms with Crippen molar-refractivity contribution >= 4 is 29.1 Å². The van der Waals surface area contributed by atoms with Crippen LogP contribution in [0.15, 0.2) is 67.0 Å². The van der Waals surface area contributed by atoms with E-state index in [0.29, 0.717) is 22.5 Å². The minimum atomic E-state index is -1.26. The molecular weight excluding hydrogens is 518 g/mol. The standard InChI is InChI=1S/C29H25N3O8/c1-3-37-27(35)20-15-22(25(33)17-8-9-23-24(14-17)40-29(39-23)28(36)38-4-2)32-12-10-18(13-21(20)32)26(34)31-16-19-7-5-6-11-30-19/h5-15,29H,3-4,16H2,1-2H3,(H,31,34). The first-order valence-corrected chi connectivity index (χ1v) is 12.6. The molecule has 1 aliphatic rings. The molecule has 0 bridgehead atoms. The first-order valence-electron chi connectivity index (χ1n) is 12.6. The second-order valence-electron chi connectivity index (χ2n) is 8.65. The molecule has 40 heavy (non-hydrogen) atoms. The van der Waals surface area contributed by atoms with Crippen molar-refractivity contribution in [3.63, 3.8) is 0 Å². The maximum absolute atomic E-state index is 13.6. The van der Waals surface area contributed by atoms with E-state index >= 15 is 0 Å². The van der Waals surface area contributed by atoms with Gasteiger partial charge in [-0.1, -0.05) is 6.07 Å². The molecule has 11 heteroatoms. The quantitative estimate of drug-likeness (QED) is 0.249. The molecule has 11 nitrogen and oxygen atoms in total. The van der Waals surface area contributed by atoms with Crippen LogP contribution in [0, 0.1) is 0 Å². The summed E-state index contributed by atoms with van der Waals surface area (Å²) in [6.45, 7) is 3.87. The van der Waals surface area contributed by atoms with Gasteiger partial charge in [0.2, 0.25) is 5.78 Å². The fourth-order valence-corrected chi connectivity index (χ4v) is 4.21. The highest BCUT2D eigenvalue weighted by Gasteiger charge is 2.33. The van der Waals surface area contributed by atoms with Gasteiger partial charge >= 0.3 is 18.2 Å².